The molecule has 0 unspecified atom stereocenters. The van der Waals surface area contributed by atoms with Gasteiger partial charge in [-0.3, -0.25) is 4.57 Å². The van der Waals surface area contributed by atoms with Gasteiger partial charge in [0.2, 0.25) is 5.95 Å². The lowest BCUT2D eigenvalue weighted by atomic mass is 10.2. The van der Waals surface area contributed by atoms with Crippen molar-refractivity contribution >= 4 is 22.5 Å². The highest BCUT2D eigenvalue weighted by Gasteiger charge is 2.11. The van der Waals surface area contributed by atoms with Crippen LogP contribution < -0.4 is 10.1 Å². The number of hydrogen-bond donors (Lipinski definition) is 1. The molecule has 172 valence electrons. The Morgan fingerprint density at radius 2 is 1.79 bits per heavy atom. The van der Waals surface area contributed by atoms with Crippen molar-refractivity contribution in [1.82, 2.24) is 29.0 Å². The predicted molar refractivity (Wildman–Crippen MR) is 135 cm³/mol. The molecule has 0 aliphatic heterocycles. The Bertz CT molecular complexity index is 1400. The predicted octanol–water partition coefficient (Wildman–Crippen LogP) is 4.60. The fourth-order valence-corrected chi connectivity index (χ4v) is 3.90. The van der Waals surface area contributed by atoms with E-state index >= 15 is 0 Å². The average molecular weight is 454 g/mol. The van der Waals surface area contributed by atoms with Crippen molar-refractivity contribution in [3.63, 3.8) is 0 Å². The molecule has 0 bridgehead atoms. The van der Waals surface area contributed by atoms with Crippen molar-refractivity contribution < 1.29 is 4.74 Å². The van der Waals surface area contributed by atoms with Crippen LogP contribution in [0, 0.1) is 0 Å². The smallest absolute Gasteiger partial charge is 0.229 e. The van der Waals surface area contributed by atoms with Crippen LogP contribution in [0.3, 0.4) is 0 Å². The first-order valence-corrected chi connectivity index (χ1v) is 11.1. The van der Waals surface area contributed by atoms with Crippen LogP contribution in [0.2, 0.25) is 0 Å². The molecular weight excluding hydrogens is 426 g/mol. The standard InChI is InChI=1S/C26H27N7O/c1-31(2)16-17-32-14-11-20-18-21(6-9-23(20)32)29-26-28-12-10-24(30-26)33-15-13-27-25(33)19-4-7-22(34-3)8-5-19/h4-15,18H,16-17H2,1-3H3,(H,28,29,30). The van der Waals surface area contributed by atoms with Crippen molar-refractivity contribution in [2.45, 2.75) is 6.54 Å². The van der Waals surface area contributed by atoms with Crippen LogP contribution >= 0.6 is 0 Å². The number of hydrogen-bond acceptors (Lipinski definition) is 6. The zero-order valence-corrected chi connectivity index (χ0v) is 19.5. The Balaban J connectivity index is 1.38. The number of nitrogens with zero attached hydrogens (tertiary/aromatic N) is 6. The van der Waals surface area contributed by atoms with E-state index in [9.17, 15) is 0 Å². The summed E-state index contributed by atoms with van der Waals surface area (Å²) in [7, 11) is 5.83. The zero-order valence-electron chi connectivity index (χ0n) is 19.5. The van der Waals surface area contributed by atoms with Gasteiger partial charge in [-0.2, -0.15) is 4.98 Å². The second-order valence-corrected chi connectivity index (χ2v) is 8.30. The molecule has 5 rings (SSSR count). The average Bonchev–Trinajstić information content (AvgIpc) is 3.50. The Hall–Kier alpha value is -4.17. The van der Waals surface area contributed by atoms with Crippen LogP contribution in [0.25, 0.3) is 28.1 Å². The molecule has 0 aliphatic carbocycles. The second-order valence-electron chi connectivity index (χ2n) is 8.30. The maximum absolute atomic E-state index is 5.26. The quantitative estimate of drug-likeness (QED) is 0.370. The van der Waals surface area contributed by atoms with Gasteiger partial charge in [-0.15, -0.1) is 0 Å². The fourth-order valence-electron chi connectivity index (χ4n) is 3.90. The number of anilines is 2. The van der Waals surface area contributed by atoms with Gasteiger partial charge in [0.15, 0.2) is 0 Å². The number of benzene rings is 2. The number of rotatable bonds is 8. The Morgan fingerprint density at radius 1 is 0.941 bits per heavy atom. The summed E-state index contributed by atoms with van der Waals surface area (Å²) in [4.78, 5) is 15.9. The summed E-state index contributed by atoms with van der Waals surface area (Å²) in [5.41, 5.74) is 3.13. The summed E-state index contributed by atoms with van der Waals surface area (Å²) < 4.78 is 9.48. The number of fused-ring (bicyclic) bond motifs is 1. The molecule has 0 saturated heterocycles. The molecule has 0 atom stereocenters. The van der Waals surface area contributed by atoms with Crippen LogP contribution in [0.15, 0.2) is 79.4 Å². The Labute approximate surface area is 198 Å². The molecular formula is C26H27N7O. The highest BCUT2D eigenvalue weighted by atomic mass is 16.5. The summed E-state index contributed by atoms with van der Waals surface area (Å²) in [6.45, 7) is 1.95. The van der Waals surface area contributed by atoms with Gasteiger partial charge in [0.25, 0.3) is 0 Å². The van der Waals surface area contributed by atoms with E-state index in [2.05, 4.69) is 69.3 Å². The van der Waals surface area contributed by atoms with Gasteiger partial charge in [-0.1, -0.05) is 0 Å². The SMILES string of the molecule is COc1ccc(-c2nccn2-c2ccnc(Nc3ccc4c(ccn4CCN(C)C)c3)n2)cc1. The topological polar surface area (TPSA) is 73.0 Å². The second kappa shape index (κ2) is 9.36. The molecule has 5 aromatic rings. The third-order valence-electron chi connectivity index (χ3n) is 5.69. The maximum atomic E-state index is 5.26. The first kappa shape index (κ1) is 21.7. The van der Waals surface area contributed by atoms with Crippen molar-refractivity contribution in [3.05, 3.63) is 79.4 Å². The highest BCUT2D eigenvalue weighted by molar-refractivity contribution is 5.84. The largest absolute Gasteiger partial charge is 0.497 e. The van der Waals surface area contributed by atoms with E-state index in [4.69, 9.17) is 9.72 Å². The van der Waals surface area contributed by atoms with Crippen molar-refractivity contribution in [1.29, 1.82) is 0 Å². The highest BCUT2D eigenvalue weighted by Crippen LogP contribution is 2.25. The van der Waals surface area contributed by atoms with Crippen LogP contribution in [0.4, 0.5) is 11.6 Å². The molecule has 0 spiro atoms. The molecule has 2 aromatic carbocycles. The third kappa shape index (κ3) is 4.49. The molecule has 8 nitrogen and oxygen atoms in total. The molecule has 0 fully saturated rings. The normalized spacial score (nSPS) is 11.3. The Kier molecular flexibility index (Phi) is 5.97. The summed E-state index contributed by atoms with van der Waals surface area (Å²) >= 11 is 0. The fraction of sp³-hybridized carbons (Fsp3) is 0.192. The molecule has 0 aliphatic rings. The molecule has 8 heteroatoms. The molecule has 0 radical (unpaired) electrons. The monoisotopic (exact) mass is 453 g/mol. The lowest BCUT2D eigenvalue weighted by Crippen LogP contribution is -2.17. The van der Waals surface area contributed by atoms with E-state index < -0.39 is 0 Å². The first-order valence-electron chi connectivity index (χ1n) is 11.1. The number of nitrogens with one attached hydrogen (secondary N) is 1. The van der Waals surface area contributed by atoms with Gasteiger partial charge in [0.1, 0.15) is 17.4 Å². The number of imidazole rings is 1. The lowest BCUT2D eigenvalue weighted by Gasteiger charge is -2.12. The van der Waals surface area contributed by atoms with Gasteiger partial charge < -0.3 is 19.5 Å². The molecule has 1 N–H and O–H groups in total. The van der Waals surface area contributed by atoms with E-state index in [0.717, 1.165) is 41.7 Å². The van der Waals surface area contributed by atoms with E-state index in [-0.39, 0.29) is 0 Å². The van der Waals surface area contributed by atoms with E-state index in [1.54, 1.807) is 19.5 Å². The van der Waals surface area contributed by atoms with Gasteiger partial charge in [0, 0.05) is 60.0 Å². The van der Waals surface area contributed by atoms with Gasteiger partial charge in [-0.25, -0.2) is 9.97 Å². The van der Waals surface area contributed by atoms with Crippen LogP contribution in [0.1, 0.15) is 0 Å². The van der Waals surface area contributed by atoms with Crippen LogP contribution in [-0.4, -0.2) is 56.7 Å². The third-order valence-corrected chi connectivity index (χ3v) is 5.69. The van der Waals surface area contributed by atoms with Crippen LogP contribution in [0.5, 0.6) is 5.75 Å². The van der Waals surface area contributed by atoms with Crippen molar-refractivity contribution in [2.24, 2.45) is 0 Å². The summed E-state index contributed by atoms with van der Waals surface area (Å²) in [5, 5.41) is 4.52. The maximum Gasteiger partial charge on any atom is 0.229 e. The number of aromatic nitrogens is 5. The van der Waals surface area contributed by atoms with E-state index in [0.29, 0.717) is 5.95 Å². The van der Waals surface area contributed by atoms with E-state index in [1.165, 1.54) is 10.9 Å². The summed E-state index contributed by atoms with van der Waals surface area (Å²) in [6, 6.07) is 18.1. The first-order chi connectivity index (χ1) is 16.6. The van der Waals surface area contributed by atoms with Gasteiger partial charge in [-0.05, 0) is 68.7 Å². The van der Waals surface area contributed by atoms with E-state index in [1.807, 2.05) is 41.1 Å². The van der Waals surface area contributed by atoms with Gasteiger partial charge >= 0.3 is 0 Å². The minimum absolute atomic E-state index is 0.526. The lowest BCUT2D eigenvalue weighted by molar-refractivity contribution is 0.387. The zero-order chi connectivity index (χ0) is 23.5. The number of ether oxygens (including phenoxy) is 1. The Morgan fingerprint density at radius 3 is 2.59 bits per heavy atom. The minimum atomic E-state index is 0.526. The molecule has 0 saturated carbocycles. The number of methoxy groups -OCH3 is 1. The molecule has 34 heavy (non-hydrogen) atoms. The molecule has 3 heterocycles. The molecule has 3 aromatic heterocycles. The summed E-state index contributed by atoms with van der Waals surface area (Å²) in [6.07, 6.45) is 7.55. The summed E-state index contributed by atoms with van der Waals surface area (Å²) in [5.74, 6) is 2.86. The minimum Gasteiger partial charge on any atom is -0.497 e. The van der Waals surface area contributed by atoms with Crippen LogP contribution in [-0.2, 0) is 6.54 Å². The van der Waals surface area contributed by atoms with Gasteiger partial charge in [0.05, 0.1) is 7.11 Å². The number of likely N-dealkylation sites (N-methyl/N-ethyl adjacent to an activating group) is 1. The van der Waals surface area contributed by atoms with Crippen molar-refractivity contribution in [3.8, 4) is 23.0 Å². The molecule has 0 amide bonds. The van der Waals surface area contributed by atoms with Crippen molar-refractivity contribution in [2.75, 3.05) is 33.1 Å².